The molecule has 0 aliphatic carbocycles. The fourth-order valence-corrected chi connectivity index (χ4v) is 5.09. The molecule has 27 heavy (non-hydrogen) atoms. The summed E-state index contributed by atoms with van der Waals surface area (Å²) in [6.45, 7) is 0. The highest BCUT2D eigenvalue weighted by Gasteiger charge is 2.12. The van der Waals surface area contributed by atoms with Crippen molar-refractivity contribution < 1.29 is 0 Å². The predicted molar refractivity (Wildman–Crippen MR) is 111 cm³/mol. The van der Waals surface area contributed by atoms with Crippen LogP contribution in [-0.4, -0.2) is 0 Å². The third-order valence-electron chi connectivity index (χ3n) is 3.94. The highest BCUT2D eigenvalue weighted by Crippen LogP contribution is 2.39. The van der Waals surface area contributed by atoms with Crippen LogP contribution in [0, 0.1) is 34.0 Å². The number of rotatable bonds is 3. The number of nitriles is 3. The summed E-state index contributed by atoms with van der Waals surface area (Å²) in [4.78, 5) is 5.06. The molecule has 0 amide bonds. The van der Waals surface area contributed by atoms with Crippen LogP contribution in [0.15, 0.2) is 54.6 Å². The summed E-state index contributed by atoms with van der Waals surface area (Å²) in [6.07, 6.45) is 0. The predicted octanol–water partition coefficient (Wildman–Crippen LogP) is 6.49. The maximum absolute atomic E-state index is 9.13. The Labute approximate surface area is 168 Å². The molecule has 0 spiro atoms. The fourth-order valence-electron chi connectivity index (χ4n) is 2.71. The molecule has 4 rings (SSSR count). The van der Waals surface area contributed by atoms with Gasteiger partial charge in [-0.3, -0.25) is 0 Å². The monoisotopic (exact) mass is 399 g/mol. The Balaban J connectivity index is 1.89. The Hall–Kier alpha value is -3.21. The molecule has 3 heterocycles. The molecule has 0 saturated heterocycles. The van der Waals surface area contributed by atoms with Crippen molar-refractivity contribution in [1.29, 1.82) is 15.8 Å². The van der Waals surface area contributed by atoms with Crippen molar-refractivity contribution in [1.82, 2.24) is 0 Å². The number of hydrogen-bond acceptors (Lipinski definition) is 6. The third-order valence-corrected chi connectivity index (χ3v) is 7.05. The first-order chi connectivity index (χ1) is 13.2. The van der Waals surface area contributed by atoms with Crippen molar-refractivity contribution in [2.75, 3.05) is 0 Å². The maximum atomic E-state index is 9.13. The molecule has 0 radical (unpaired) electrons. The number of hydrogen-bond donors (Lipinski definition) is 0. The van der Waals surface area contributed by atoms with Crippen molar-refractivity contribution >= 4 is 34.0 Å². The molecule has 4 aromatic rings. The smallest absolute Gasteiger partial charge is 0.110 e. The minimum Gasteiger partial charge on any atom is -0.192 e. The molecule has 0 bridgehead atoms. The quantitative estimate of drug-likeness (QED) is 0.395. The van der Waals surface area contributed by atoms with Gasteiger partial charge in [0.1, 0.15) is 32.8 Å². The number of thiophene rings is 3. The topological polar surface area (TPSA) is 71.4 Å². The lowest BCUT2D eigenvalue weighted by atomic mass is 10.0. The molecule has 3 nitrogen and oxygen atoms in total. The van der Waals surface area contributed by atoms with E-state index in [1.54, 1.807) is 0 Å². The molecule has 0 aliphatic rings. The van der Waals surface area contributed by atoms with Crippen LogP contribution in [0.25, 0.3) is 31.3 Å². The van der Waals surface area contributed by atoms with Gasteiger partial charge in [0.2, 0.25) is 0 Å². The van der Waals surface area contributed by atoms with E-state index in [2.05, 4.69) is 36.4 Å². The summed E-state index contributed by atoms with van der Waals surface area (Å²) in [7, 11) is 0. The lowest BCUT2D eigenvalue weighted by Gasteiger charge is -2.07. The van der Waals surface area contributed by atoms with E-state index in [-0.39, 0.29) is 0 Å². The summed E-state index contributed by atoms with van der Waals surface area (Å²) in [6, 6.07) is 24.1. The minimum absolute atomic E-state index is 0.669. The van der Waals surface area contributed by atoms with Crippen molar-refractivity contribution in [3.63, 3.8) is 0 Å². The van der Waals surface area contributed by atoms with Crippen molar-refractivity contribution in [3.05, 3.63) is 69.2 Å². The molecule has 0 atom stereocenters. The van der Waals surface area contributed by atoms with Gasteiger partial charge in [0, 0.05) is 14.6 Å². The first kappa shape index (κ1) is 17.2. The first-order valence-corrected chi connectivity index (χ1v) is 10.3. The summed E-state index contributed by atoms with van der Waals surface area (Å²) >= 11 is 4.36. The first-order valence-electron chi connectivity index (χ1n) is 7.86. The maximum Gasteiger partial charge on any atom is 0.110 e. The van der Waals surface area contributed by atoms with Crippen molar-refractivity contribution in [2.24, 2.45) is 0 Å². The molecule has 6 heteroatoms. The van der Waals surface area contributed by atoms with Crippen molar-refractivity contribution in [3.8, 4) is 49.5 Å². The van der Waals surface area contributed by atoms with E-state index in [0.29, 0.717) is 14.6 Å². The Kier molecular flexibility index (Phi) is 4.59. The fraction of sp³-hybridized carbons (Fsp3) is 0. The van der Waals surface area contributed by atoms with Crippen LogP contribution in [0.3, 0.4) is 0 Å². The van der Waals surface area contributed by atoms with Gasteiger partial charge >= 0.3 is 0 Å². The average molecular weight is 400 g/mol. The summed E-state index contributed by atoms with van der Waals surface area (Å²) < 4.78 is 0. The largest absolute Gasteiger partial charge is 0.192 e. The molecule has 126 valence electrons. The number of nitrogens with zero attached hydrogens (tertiary/aromatic N) is 3. The minimum atomic E-state index is 0.669. The van der Waals surface area contributed by atoms with Crippen LogP contribution in [0.1, 0.15) is 14.6 Å². The van der Waals surface area contributed by atoms with Gasteiger partial charge in [-0.25, -0.2) is 0 Å². The van der Waals surface area contributed by atoms with Gasteiger partial charge in [0.25, 0.3) is 0 Å². The Morgan fingerprint density at radius 2 is 0.778 bits per heavy atom. The molecule has 0 aliphatic heterocycles. The van der Waals surface area contributed by atoms with E-state index in [9.17, 15) is 0 Å². The second-order valence-electron chi connectivity index (χ2n) is 5.63. The summed E-state index contributed by atoms with van der Waals surface area (Å²) in [5.74, 6) is 0. The van der Waals surface area contributed by atoms with Gasteiger partial charge in [-0.2, -0.15) is 15.8 Å². The van der Waals surface area contributed by atoms with E-state index in [4.69, 9.17) is 15.8 Å². The Bertz CT molecular complexity index is 1100. The van der Waals surface area contributed by atoms with Gasteiger partial charge < -0.3 is 0 Å². The van der Waals surface area contributed by atoms with E-state index in [0.717, 1.165) is 31.3 Å². The molecular formula is C21H9N3S3. The van der Waals surface area contributed by atoms with Crippen LogP contribution in [0.2, 0.25) is 0 Å². The highest BCUT2D eigenvalue weighted by molar-refractivity contribution is 7.17. The molecule has 0 saturated carbocycles. The molecule has 3 aromatic heterocycles. The lowest BCUT2D eigenvalue weighted by molar-refractivity contribution is 1.52. The zero-order valence-corrected chi connectivity index (χ0v) is 16.2. The molecule has 0 fully saturated rings. The van der Waals surface area contributed by atoms with E-state index in [1.807, 2.05) is 36.4 Å². The van der Waals surface area contributed by atoms with Crippen LogP contribution < -0.4 is 0 Å². The van der Waals surface area contributed by atoms with Gasteiger partial charge in [0.15, 0.2) is 0 Å². The van der Waals surface area contributed by atoms with E-state index >= 15 is 0 Å². The van der Waals surface area contributed by atoms with Gasteiger partial charge in [0.05, 0.1) is 0 Å². The third kappa shape index (κ3) is 3.40. The second-order valence-corrected chi connectivity index (χ2v) is 8.88. The Morgan fingerprint density at radius 1 is 0.481 bits per heavy atom. The zero-order chi connectivity index (χ0) is 18.8. The normalized spacial score (nSPS) is 10.1. The Morgan fingerprint density at radius 3 is 1.00 bits per heavy atom. The van der Waals surface area contributed by atoms with Gasteiger partial charge in [-0.15, -0.1) is 34.0 Å². The van der Waals surface area contributed by atoms with Crippen LogP contribution in [-0.2, 0) is 0 Å². The summed E-state index contributed by atoms with van der Waals surface area (Å²) in [5, 5.41) is 27.4. The SMILES string of the molecule is N#Cc1ccc(-c2cc(-c3ccc(C#N)s3)cc(-c3ccc(C#N)s3)c2)s1. The molecule has 1 aromatic carbocycles. The van der Waals surface area contributed by atoms with Gasteiger partial charge in [-0.1, -0.05) is 0 Å². The molecule has 0 N–H and O–H groups in total. The highest BCUT2D eigenvalue weighted by atomic mass is 32.1. The molecular weight excluding hydrogens is 390 g/mol. The second kappa shape index (κ2) is 7.19. The van der Waals surface area contributed by atoms with E-state index in [1.165, 1.54) is 34.0 Å². The standard InChI is InChI=1S/C21H9N3S3/c22-10-16-1-4-19(25-16)13-7-14(20-5-2-17(11-23)26-20)9-15(8-13)21-6-3-18(12-24)27-21/h1-9H. The molecule has 0 unspecified atom stereocenters. The zero-order valence-electron chi connectivity index (χ0n) is 13.8. The van der Waals surface area contributed by atoms with Crippen LogP contribution in [0.5, 0.6) is 0 Å². The van der Waals surface area contributed by atoms with E-state index < -0.39 is 0 Å². The van der Waals surface area contributed by atoms with Crippen molar-refractivity contribution in [2.45, 2.75) is 0 Å². The lowest BCUT2D eigenvalue weighted by Crippen LogP contribution is -1.81. The van der Waals surface area contributed by atoms with Crippen LogP contribution in [0.4, 0.5) is 0 Å². The summed E-state index contributed by atoms with van der Waals surface area (Å²) in [5.41, 5.74) is 3.06. The van der Waals surface area contributed by atoms with Crippen LogP contribution >= 0.6 is 34.0 Å². The average Bonchev–Trinajstić information content (AvgIpc) is 3.47. The number of benzene rings is 1. The van der Waals surface area contributed by atoms with Gasteiger partial charge in [-0.05, 0) is 71.3 Å².